The van der Waals surface area contributed by atoms with Crippen LogP contribution in [0.1, 0.15) is 62.6 Å². The van der Waals surface area contributed by atoms with Gasteiger partial charge in [-0.2, -0.15) is 0 Å². The van der Waals surface area contributed by atoms with Crippen LogP contribution in [0.2, 0.25) is 0 Å². The molecule has 0 amide bonds. The van der Waals surface area contributed by atoms with E-state index < -0.39 is 11.6 Å². The van der Waals surface area contributed by atoms with E-state index in [4.69, 9.17) is 5.84 Å². The number of halogens is 2. The van der Waals surface area contributed by atoms with E-state index in [0.29, 0.717) is 11.1 Å². The summed E-state index contributed by atoms with van der Waals surface area (Å²) in [6.07, 6.45) is 6.37. The summed E-state index contributed by atoms with van der Waals surface area (Å²) in [5, 5.41) is 0. The molecule has 3 N–H and O–H groups in total. The first-order valence-corrected chi connectivity index (χ1v) is 7.02. The highest BCUT2D eigenvalue weighted by Gasteiger charge is 2.18. The first kappa shape index (κ1) is 16.1. The van der Waals surface area contributed by atoms with Gasteiger partial charge in [-0.15, -0.1) is 0 Å². The Morgan fingerprint density at radius 1 is 1.11 bits per heavy atom. The molecule has 19 heavy (non-hydrogen) atoms. The van der Waals surface area contributed by atoms with Gasteiger partial charge in [0.05, 0.1) is 0 Å². The standard InChI is InChI=1S/C15H24F2N2/c1-3-4-5-6-7-8-13(19-18)12-10-9-11(2)14(16)15(12)17/h9-10,13,19H,3-8,18H2,1-2H3. The lowest BCUT2D eigenvalue weighted by atomic mass is 9.98. The minimum absolute atomic E-state index is 0.319. The zero-order chi connectivity index (χ0) is 14.3. The Balaban J connectivity index is 2.62. The van der Waals surface area contributed by atoms with Crippen molar-refractivity contribution in [1.29, 1.82) is 0 Å². The largest absolute Gasteiger partial charge is 0.271 e. The molecule has 2 nitrogen and oxygen atoms in total. The van der Waals surface area contributed by atoms with E-state index in [0.717, 1.165) is 19.3 Å². The van der Waals surface area contributed by atoms with Crippen LogP contribution >= 0.6 is 0 Å². The van der Waals surface area contributed by atoms with Gasteiger partial charge in [0.15, 0.2) is 11.6 Å². The van der Waals surface area contributed by atoms with E-state index in [1.165, 1.54) is 19.3 Å². The molecule has 0 bridgehead atoms. The fraction of sp³-hybridized carbons (Fsp3) is 0.600. The van der Waals surface area contributed by atoms with Gasteiger partial charge in [0.1, 0.15) is 0 Å². The third-order valence-corrected chi connectivity index (χ3v) is 3.48. The molecule has 0 radical (unpaired) electrons. The van der Waals surface area contributed by atoms with Crippen molar-refractivity contribution in [3.8, 4) is 0 Å². The first-order chi connectivity index (χ1) is 9.11. The van der Waals surface area contributed by atoms with Crippen LogP contribution in [-0.4, -0.2) is 0 Å². The lowest BCUT2D eigenvalue weighted by Crippen LogP contribution is -2.29. The Bertz CT molecular complexity index is 394. The fourth-order valence-corrected chi connectivity index (χ4v) is 2.21. The van der Waals surface area contributed by atoms with Gasteiger partial charge in [0.25, 0.3) is 0 Å². The van der Waals surface area contributed by atoms with Crippen molar-refractivity contribution in [2.45, 2.75) is 58.4 Å². The van der Waals surface area contributed by atoms with Gasteiger partial charge in [0, 0.05) is 11.6 Å². The normalized spacial score (nSPS) is 12.7. The number of nitrogens with two attached hydrogens (primary N) is 1. The molecular weight excluding hydrogens is 246 g/mol. The molecule has 4 heteroatoms. The van der Waals surface area contributed by atoms with Crippen molar-refractivity contribution in [1.82, 2.24) is 5.43 Å². The Morgan fingerprint density at radius 2 is 1.79 bits per heavy atom. The summed E-state index contributed by atoms with van der Waals surface area (Å²) < 4.78 is 27.4. The van der Waals surface area contributed by atoms with Crippen LogP contribution in [0.25, 0.3) is 0 Å². The van der Waals surface area contributed by atoms with Crippen LogP contribution in [0.3, 0.4) is 0 Å². The highest BCUT2D eigenvalue weighted by atomic mass is 19.2. The number of aryl methyl sites for hydroxylation is 1. The molecule has 0 saturated heterocycles. The molecule has 1 aromatic rings. The second-order valence-electron chi connectivity index (χ2n) is 5.02. The number of hydrazine groups is 1. The zero-order valence-corrected chi connectivity index (χ0v) is 11.8. The minimum atomic E-state index is -0.781. The smallest absolute Gasteiger partial charge is 0.163 e. The van der Waals surface area contributed by atoms with Crippen molar-refractivity contribution in [2.24, 2.45) is 5.84 Å². The van der Waals surface area contributed by atoms with Gasteiger partial charge in [-0.1, -0.05) is 51.2 Å². The molecule has 0 saturated carbocycles. The van der Waals surface area contributed by atoms with E-state index in [-0.39, 0.29) is 6.04 Å². The maximum absolute atomic E-state index is 13.9. The van der Waals surface area contributed by atoms with E-state index >= 15 is 0 Å². The van der Waals surface area contributed by atoms with Crippen molar-refractivity contribution in [2.75, 3.05) is 0 Å². The van der Waals surface area contributed by atoms with Crippen LogP contribution in [0.4, 0.5) is 8.78 Å². The SMILES string of the molecule is CCCCCCCC(NN)c1ccc(C)c(F)c1F. The average molecular weight is 270 g/mol. The Morgan fingerprint density at radius 3 is 2.42 bits per heavy atom. The predicted molar refractivity (Wildman–Crippen MR) is 74.5 cm³/mol. The van der Waals surface area contributed by atoms with Crippen LogP contribution in [0.5, 0.6) is 0 Å². The zero-order valence-electron chi connectivity index (χ0n) is 11.8. The van der Waals surface area contributed by atoms with E-state index in [2.05, 4.69) is 12.3 Å². The van der Waals surface area contributed by atoms with E-state index in [9.17, 15) is 8.78 Å². The maximum Gasteiger partial charge on any atom is 0.163 e. The minimum Gasteiger partial charge on any atom is -0.271 e. The highest BCUT2D eigenvalue weighted by molar-refractivity contribution is 5.27. The van der Waals surface area contributed by atoms with E-state index in [1.54, 1.807) is 19.1 Å². The van der Waals surface area contributed by atoms with Crippen molar-refractivity contribution in [3.05, 3.63) is 34.9 Å². The molecule has 0 heterocycles. The fourth-order valence-electron chi connectivity index (χ4n) is 2.21. The van der Waals surface area contributed by atoms with Gasteiger partial charge >= 0.3 is 0 Å². The summed E-state index contributed by atoms with van der Waals surface area (Å²) in [6, 6.07) is 2.89. The molecule has 1 unspecified atom stereocenters. The predicted octanol–water partition coefficient (Wildman–Crippen LogP) is 4.14. The van der Waals surface area contributed by atoms with Crippen molar-refractivity contribution in [3.63, 3.8) is 0 Å². The molecule has 1 aromatic carbocycles. The summed E-state index contributed by atoms with van der Waals surface area (Å²) in [5.41, 5.74) is 3.23. The molecule has 0 aromatic heterocycles. The number of rotatable bonds is 8. The van der Waals surface area contributed by atoms with Gasteiger partial charge in [-0.05, 0) is 18.9 Å². The summed E-state index contributed by atoms with van der Waals surface area (Å²) in [4.78, 5) is 0. The summed E-state index contributed by atoms with van der Waals surface area (Å²) in [5.74, 6) is 3.91. The summed E-state index contributed by atoms with van der Waals surface area (Å²) >= 11 is 0. The highest BCUT2D eigenvalue weighted by Crippen LogP contribution is 2.25. The molecule has 0 aliphatic rings. The third-order valence-electron chi connectivity index (χ3n) is 3.48. The molecule has 1 atom stereocenters. The molecule has 108 valence electrons. The monoisotopic (exact) mass is 270 g/mol. The van der Waals surface area contributed by atoms with Crippen LogP contribution in [-0.2, 0) is 0 Å². The summed E-state index contributed by atoms with van der Waals surface area (Å²) in [6.45, 7) is 3.71. The molecule has 0 aliphatic heterocycles. The quantitative estimate of drug-likeness (QED) is 0.423. The topological polar surface area (TPSA) is 38.0 Å². The number of benzene rings is 1. The van der Waals surface area contributed by atoms with Crippen molar-refractivity contribution >= 4 is 0 Å². The molecule has 1 rings (SSSR count). The number of unbranched alkanes of at least 4 members (excludes halogenated alkanes) is 4. The first-order valence-electron chi connectivity index (χ1n) is 7.02. The van der Waals surface area contributed by atoms with E-state index in [1.807, 2.05) is 0 Å². The third kappa shape index (κ3) is 4.55. The van der Waals surface area contributed by atoms with Crippen LogP contribution in [0, 0.1) is 18.6 Å². The van der Waals surface area contributed by atoms with Gasteiger partial charge in [0.2, 0.25) is 0 Å². The number of hydrogen-bond donors (Lipinski definition) is 2. The molecule has 0 aliphatic carbocycles. The summed E-state index contributed by atoms with van der Waals surface area (Å²) in [7, 11) is 0. The van der Waals surface area contributed by atoms with Crippen LogP contribution in [0.15, 0.2) is 12.1 Å². The second kappa shape index (κ2) is 8.23. The number of hydrogen-bond acceptors (Lipinski definition) is 2. The maximum atomic E-state index is 13.9. The lowest BCUT2D eigenvalue weighted by Gasteiger charge is -2.17. The van der Waals surface area contributed by atoms with Gasteiger partial charge in [-0.25, -0.2) is 8.78 Å². The van der Waals surface area contributed by atoms with Gasteiger partial charge in [-0.3, -0.25) is 11.3 Å². The van der Waals surface area contributed by atoms with Crippen molar-refractivity contribution < 1.29 is 8.78 Å². The van der Waals surface area contributed by atoms with Gasteiger partial charge < -0.3 is 0 Å². The molecular formula is C15H24F2N2. The Hall–Kier alpha value is -1.00. The lowest BCUT2D eigenvalue weighted by molar-refractivity contribution is 0.435. The van der Waals surface area contributed by atoms with Crippen LogP contribution < -0.4 is 11.3 Å². The second-order valence-corrected chi connectivity index (χ2v) is 5.02. The number of nitrogens with one attached hydrogen (secondary N) is 1. The average Bonchev–Trinajstić information content (AvgIpc) is 2.41. The Kier molecular flexibility index (Phi) is 6.95. The molecule has 0 spiro atoms. The Labute approximate surface area is 114 Å². The molecule has 0 fully saturated rings.